The van der Waals surface area contributed by atoms with E-state index in [4.69, 9.17) is 19.5 Å². The van der Waals surface area contributed by atoms with Gasteiger partial charge in [-0.1, -0.05) is 62.3 Å². The molecule has 8 heteroatoms. The van der Waals surface area contributed by atoms with Gasteiger partial charge in [0.15, 0.2) is 0 Å². The van der Waals surface area contributed by atoms with Crippen LogP contribution in [-0.2, 0) is 25.8 Å². The van der Waals surface area contributed by atoms with Gasteiger partial charge in [0.1, 0.15) is 6.61 Å². The Morgan fingerprint density at radius 3 is 1.84 bits per heavy atom. The van der Waals surface area contributed by atoms with Gasteiger partial charge in [-0.05, 0) is 71.9 Å². The first-order chi connectivity index (χ1) is 17.2. The molecule has 0 aromatic heterocycles. The van der Waals surface area contributed by atoms with Crippen molar-refractivity contribution in [3.05, 3.63) is 47.5 Å². The number of nitrogens with one attached hydrogen (secondary N) is 1. The Balaban J connectivity index is -0.000000204. The first kappa shape index (κ1) is 41.4. The number of hydrogen-bond acceptors (Lipinski definition) is 6. The molecule has 2 amide bonds. The van der Waals surface area contributed by atoms with Gasteiger partial charge in [-0.2, -0.15) is 0 Å². The summed E-state index contributed by atoms with van der Waals surface area (Å²) in [7, 11) is 1.76. The fraction of sp³-hybridized carbons (Fsp3) is 0.621. The molecular formula is C29H55N3O5. The van der Waals surface area contributed by atoms with Crippen molar-refractivity contribution in [1.82, 2.24) is 5.32 Å². The van der Waals surface area contributed by atoms with Crippen LogP contribution in [0.5, 0.6) is 0 Å². The molecule has 0 aliphatic heterocycles. The van der Waals surface area contributed by atoms with E-state index in [2.05, 4.69) is 30.1 Å². The Morgan fingerprint density at radius 1 is 1.11 bits per heavy atom. The lowest BCUT2D eigenvalue weighted by Gasteiger charge is -2.07. The highest BCUT2D eigenvalue weighted by Gasteiger charge is 1.98. The molecule has 0 fully saturated rings. The molecule has 0 bridgehead atoms. The molecule has 0 spiro atoms. The number of hydrogen-bond donors (Lipinski definition) is 3. The molecule has 4 N–H and O–H groups in total. The van der Waals surface area contributed by atoms with Crippen LogP contribution in [0.2, 0.25) is 0 Å². The van der Waals surface area contributed by atoms with E-state index in [1.165, 1.54) is 6.92 Å². The summed E-state index contributed by atoms with van der Waals surface area (Å²) < 4.78 is 5.05. The standard InChI is InChI=1S/C12H15NO.C6H13NO.C6H14O.C4H10O.CH3NO/c1-3-11(2)9-13-14-10-12-7-5-4-6-8-12;1-4-5(2)7-6(3)8;1-4-6(5-2)7-3;1-4(2,3)5;2-1-3/h3-9H,10H2,1-2H3;5H,4H2,1-3H3,(H,7,8);6H,4-5H2,1-3H3;5H,1-3H3;1H,(H2,2,3)/b11-3+,13-9+;;;;. The van der Waals surface area contributed by atoms with Gasteiger partial charge >= 0.3 is 0 Å². The van der Waals surface area contributed by atoms with Gasteiger partial charge in [-0.3, -0.25) is 9.59 Å². The molecule has 1 aromatic rings. The number of amides is 2. The maximum absolute atomic E-state index is 10.3. The van der Waals surface area contributed by atoms with Crippen molar-refractivity contribution in [2.75, 3.05) is 7.11 Å². The van der Waals surface area contributed by atoms with Gasteiger partial charge in [0.05, 0.1) is 17.9 Å². The molecule has 1 unspecified atom stereocenters. The van der Waals surface area contributed by atoms with Crippen molar-refractivity contribution in [2.24, 2.45) is 10.9 Å². The van der Waals surface area contributed by atoms with E-state index in [0.29, 0.717) is 18.8 Å². The number of allylic oxidation sites excluding steroid dienone is 2. The minimum absolute atomic E-state index is 0.0550. The van der Waals surface area contributed by atoms with Crippen molar-refractivity contribution >= 4 is 18.5 Å². The fourth-order valence-corrected chi connectivity index (χ4v) is 1.95. The molecule has 0 saturated carbocycles. The van der Waals surface area contributed by atoms with Gasteiger partial charge in [0.2, 0.25) is 12.3 Å². The summed E-state index contributed by atoms with van der Waals surface area (Å²) in [5, 5.41) is 15.1. The van der Waals surface area contributed by atoms with E-state index in [-0.39, 0.29) is 12.3 Å². The Labute approximate surface area is 226 Å². The number of methoxy groups -OCH3 is 1. The van der Waals surface area contributed by atoms with Crippen LogP contribution >= 0.6 is 0 Å². The third kappa shape index (κ3) is 47.2. The van der Waals surface area contributed by atoms with Crippen molar-refractivity contribution in [3.63, 3.8) is 0 Å². The van der Waals surface area contributed by atoms with Gasteiger partial charge in [-0.25, -0.2) is 0 Å². The second-order valence-corrected chi connectivity index (χ2v) is 9.02. The quantitative estimate of drug-likeness (QED) is 0.214. The number of carbonyl (C=O) groups is 2. The number of oxime groups is 1. The van der Waals surface area contributed by atoms with Crippen LogP contribution in [0.15, 0.2) is 47.1 Å². The van der Waals surface area contributed by atoms with Gasteiger partial charge in [0.25, 0.3) is 0 Å². The molecule has 37 heavy (non-hydrogen) atoms. The third-order valence-electron chi connectivity index (χ3n) is 4.17. The summed E-state index contributed by atoms with van der Waals surface area (Å²) >= 11 is 0. The minimum atomic E-state index is -0.500. The summed E-state index contributed by atoms with van der Waals surface area (Å²) in [6, 6.07) is 10.3. The zero-order valence-electron chi connectivity index (χ0n) is 25.2. The van der Waals surface area contributed by atoms with Crippen molar-refractivity contribution in [3.8, 4) is 0 Å². The summed E-state index contributed by atoms with van der Waals surface area (Å²) in [5.41, 5.74) is 5.89. The van der Waals surface area contributed by atoms with Crippen LogP contribution in [0, 0.1) is 0 Å². The lowest BCUT2D eigenvalue weighted by atomic mass is 10.2. The van der Waals surface area contributed by atoms with Crippen LogP contribution in [0.3, 0.4) is 0 Å². The monoisotopic (exact) mass is 525 g/mol. The second-order valence-electron chi connectivity index (χ2n) is 9.02. The van der Waals surface area contributed by atoms with Gasteiger partial charge < -0.3 is 25.7 Å². The predicted molar refractivity (Wildman–Crippen MR) is 156 cm³/mol. The molecule has 0 aliphatic carbocycles. The Morgan fingerprint density at radius 2 is 1.57 bits per heavy atom. The van der Waals surface area contributed by atoms with Crippen molar-refractivity contribution < 1.29 is 24.3 Å². The maximum atomic E-state index is 10.3. The summed E-state index contributed by atoms with van der Waals surface area (Å²) in [5.74, 6) is 0.0550. The molecule has 0 aliphatic rings. The zero-order chi connectivity index (χ0) is 29.7. The topological polar surface area (TPSA) is 123 Å². The van der Waals surface area contributed by atoms with Gasteiger partial charge in [0, 0.05) is 20.1 Å². The van der Waals surface area contributed by atoms with E-state index in [1.807, 2.05) is 64.1 Å². The zero-order valence-corrected chi connectivity index (χ0v) is 25.2. The number of nitrogens with two attached hydrogens (primary N) is 1. The largest absolute Gasteiger partial charge is 0.391 e. The number of benzene rings is 1. The highest BCUT2D eigenvalue weighted by atomic mass is 16.6. The summed E-state index contributed by atoms with van der Waals surface area (Å²) in [6.45, 7) is 19.5. The Kier molecular flexibility index (Phi) is 33.0. The third-order valence-corrected chi connectivity index (χ3v) is 4.17. The number of rotatable bonds is 9. The smallest absolute Gasteiger partial charge is 0.217 e. The number of carbonyl (C=O) groups excluding carboxylic acids is 2. The van der Waals surface area contributed by atoms with E-state index in [9.17, 15) is 4.79 Å². The molecule has 1 atom stereocenters. The first-order valence-electron chi connectivity index (χ1n) is 12.8. The fourth-order valence-electron chi connectivity index (χ4n) is 1.95. The molecule has 0 radical (unpaired) electrons. The van der Waals surface area contributed by atoms with Crippen LogP contribution in [0.4, 0.5) is 0 Å². The molecule has 0 heterocycles. The van der Waals surface area contributed by atoms with Crippen LogP contribution in [0.1, 0.15) is 94.1 Å². The maximum Gasteiger partial charge on any atom is 0.217 e. The van der Waals surface area contributed by atoms with E-state index in [0.717, 1.165) is 30.4 Å². The SMILES string of the molecule is C/C=C(C)/C=N/OCc1ccccc1.CC(C)(C)O.CCC(C)NC(C)=O.CCC(CC)OC.NC=O. The lowest BCUT2D eigenvalue weighted by Crippen LogP contribution is -2.29. The van der Waals surface area contributed by atoms with E-state index < -0.39 is 5.60 Å². The van der Waals surface area contributed by atoms with E-state index >= 15 is 0 Å². The molecule has 0 saturated heterocycles. The first-order valence-corrected chi connectivity index (χ1v) is 12.8. The van der Waals surface area contributed by atoms with Crippen LogP contribution < -0.4 is 11.1 Å². The second kappa shape index (κ2) is 29.5. The van der Waals surface area contributed by atoms with Crippen molar-refractivity contribution in [2.45, 2.75) is 113 Å². The number of primary amides is 1. The van der Waals surface area contributed by atoms with Gasteiger partial charge in [-0.15, -0.1) is 0 Å². The lowest BCUT2D eigenvalue weighted by molar-refractivity contribution is -0.119. The van der Waals surface area contributed by atoms with Crippen LogP contribution in [-0.4, -0.2) is 48.5 Å². The number of aliphatic hydroxyl groups is 1. The average molecular weight is 526 g/mol. The number of nitrogens with zero attached hydrogens (tertiary/aromatic N) is 1. The highest BCUT2D eigenvalue weighted by molar-refractivity contribution is 5.76. The predicted octanol–water partition coefficient (Wildman–Crippen LogP) is 5.78. The van der Waals surface area contributed by atoms with Crippen LogP contribution in [0.25, 0.3) is 0 Å². The Hall–Kier alpha value is -2.71. The average Bonchev–Trinajstić information content (AvgIpc) is 2.83. The molecule has 8 nitrogen and oxygen atoms in total. The number of ether oxygens (including phenoxy) is 1. The minimum Gasteiger partial charge on any atom is -0.391 e. The summed E-state index contributed by atoms with van der Waals surface area (Å²) in [6.07, 6.45) is 7.69. The molecule has 1 aromatic carbocycles. The normalized spacial score (nSPS) is 11.2. The molecule has 216 valence electrons. The molecular weight excluding hydrogens is 470 g/mol. The van der Waals surface area contributed by atoms with Crippen molar-refractivity contribution in [1.29, 1.82) is 0 Å². The molecule has 1 rings (SSSR count). The summed E-state index contributed by atoms with van der Waals surface area (Å²) in [4.78, 5) is 24.0. The van der Waals surface area contributed by atoms with E-state index in [1.54, 1.807) is 34.1 Å². The highest BCUT2D eigenvalue weighted by Crippen LogP contribution is 2.00. The Bertz CT molecular complexity index is 671.